The Morgan fingerprint density at radius 1 is 1.35 bits per heavy atom. The second kappa shape index (κ2) is 7.62. The highest BCUT2D eigenvalue weighted by molar-refractivity contribution is 5.94. The van der Waals surface area contributed by atoms with E-state index in [2.05, 4.69) is 18.8 Å². The largest absolute Gasteiger partial charge is 0.481 e. The van der Waals surface area contributed by atoms with Crippen molar-refractivity contribution in [1.82, 2.24) is 9.88 Å². The van der Waals surface area contributed by atoms with E-state index in [9.17, 15) is 9.59 Å². The lowest BCUT2D eigenvalue weighted by molar-refractivity contribution is -0.141. The topological polar surface area (TPSA) is 70.5 Å². The highest BCUT2D eigenvalue weighted by Crippen LogP contribution is 2.10. The Kier molecular flexibility index (Phi) is 6.15. The number of pyridine rings is 1. The van der Waals surface area contributed by atoms with Crippen LogP contribution in [0, 0.1) is 11.8 Å². The Morgan fingerprint density at radius 3 is 2.55 bits per heavy atom. The average molecular weight is 278 g/mol. The van der Waals surface area contributed by atoms with Gasteiger partial charge in [0.05, 0.1) is 11.5 Å². The minimum absolute atomic E-state index is 0.160. The molecule has 0 aromatic carbocycles. The van der Waals surface area contributed by atoms with Gasteiger partial charge >= 0.3 is 5.97 Å². The molecule has 0 aliphatic heterocycles. The first kappa shape index (κ1) is 16.1. The van der Waals surface area contributed by atoms with E-state index in [0.717, 1.165) is 6.42 Å². The van der Waals surface area contributed by atoms with Gasteiger partial charge in [-0.1, -0.05) is 20.8 Å². The van der Waals surface area contributed by atoms with Gasteiger partial charge in [0.25, 0.3) is 5.91 Å². The summed E-state index contributed by atoms with van der Waals surface area (Å²) in [5, 5.41) is 9.01. The number of carbonyl (C=O) groups excluding carboxylic acids is 1. The minimum Gasteiger partial charge on any atom is -0.481 e. The van der Waals surface area contributed by atoms with Gasteiger partial charge in [-0.2, -0.15) is 0 Å². The zero-order valence-corrected chi connectivity index (χ0v) is 12.2. The first-order valence-electron chi connectivity index (χ1n) is 6.84. The van der Waals surface area contributed by atoms with Crippen LogP contribution in [0.15, 0.2) is 24.5 Å². The molecule has 0 spiro atoms. The van der Waals surface area contributed by atoms with Gasteiger partial charge in [0.1, 0.15) is 0 Å². The van der Waals surface area contributed by atoms with E-state index in [-0.39, 0.29) is 12.5 Å². The van der Waals surface area contributed by atoms with Crippen molar-refractivity contribution in [2.45, 2.75) is 27.2 Å². The maximum absolute atomic E-state index is 12.4. The Hall–Kier alpha value is -1.91. The minimum atomic E-state index is -0.890. The molecular formula is C15H22N2O3. The first-order valence-corrected chi connectivity index (χ1v) is 6.84. The van der Waals surface area contributed by atoms with Crippen molar-refractivity contribution in [3.63, 3.8) is 0 Å². The normalized spacial score (nSPS) is 12.2. The summed E-state index contributed by atoms with van der Waals surface area (Å²) in [4.78, 5) is 28.9. The van der Waals surface area contributed by atoms with E-state index >= 15 is 0 Å². The quantitative estimate of drug-likeness (QED) is 0.830. The van der Waals surface area contributed by atoms with E-state index < -0.39 is 11.9 Å². The molecule has 0 saturated carbocycles. The molecule has 1 N–H and O–H groups in total. The predicted octanol–water partition coefficient (Wildman–Crippen LogP) is 2.29. The van der Waals surface area contributed by atoms with Gasteiger partial charge < -0.3 is 10.0 Å². The lowest BCUT2D eigenvalue weighted by atomic mass is 10.1. The van der Waals surface area contributed by atoms with Gasteiger partial charge in [-0.25, -0.2) is 0 Å². The number of aliphatic carboxylic acids is 1. The number of aromatic nitrogens is 1. The van der Waals surface area contributed by atoms with Gasteiger partial charge in [0, 0.05) is 25.5 Å². The highest BCUT2D eigenvalue weighted by Gasteiger charge is 2.21. The summed E-state index contributed by atoms with van der Waals surface area (Å²) >= 11 is 0. The summed E-state index contributed by atoms with van der Waals surface area (Å²) in [5.74, 6) is -1.17. The van der Waals surface area contributed by atoms with Crippen LogP contribution in [-0.4, -0.2) is 40.0 Å². The van der Waals surface area contributed by atoms with Crippen molar-refractivity contribution in [2.24, 2.45) is 11.8 Å². The Labute approximate surface area is 119 Å². The molecular weight excluding hydrogens is 256 g/mol. The van der Waals surface area contributed by atoms with Crippen LogP contribution in [0.25, 0.3) is 0 Å². The second-order valence-corrected chi connectivity index (χ2v) is 5.41. The summed E-state index contributed by atoms with van der Waals surface area (Å²) in [5.41, 5.74) is 0.494. The number of amides is 1. The fourth-order valence-corrected chi connectivity index (χ4v) is 1.77. The molecule has 0 saturated heterocycles. The predicted molar refractivity (Wildman–Crippen MR) is 76.4 cm³/mol. The summed E-state index contributed by atoms with van der Waals surface area (Å²) < 4.78 is 0. The van der Waals surface area contributed by atoms with Crippen LogP contribution in [-0.2, 0) is 4.79 Å². The van der Waals surface area contributed by atoms with Crippen LogP contribution in [0.5, 0.6) is 0 Å². The van der Waals surface area contributed by atoms with Crippen molar-refractivity contribution in [1.29, 1.82) is 0 Å². The zero-order chi connectivity index (χ0) is 15.1. The number of hydrogen-bond donors (Lipinski definition) is 1. The molecule has 1 amide bonds. The van der Waals surface area contributed by atoms with Crippen LogP contribution in [0.1, 0.15) is 37.6 Å². The molecule has 5 heteroatoms. The molecule has 110 valence electrons. The third kappa shape index (κ3) is 4.99. The Balaban J connectivity index is 2.80. The number of hydrogen-bond acceptors (Lipinski definition) is 3. The van der Waals surface area contributed by atoms with Crippen LogP contribution in [0.2, 0.25) is 0 Å². The lowest BCUT2D eigenvalue weighted by Crippen LogP contribution is -2.38. The van der Waals surface area contributed by atoms with Gasteiger partial charge in [0.2, 0.25) is 0 Å². The second-order valence-electron chi connectivity index (χ2n) is 5.41. The smallest absolute Gasteiger partial charge is 0.308 e. The van der Waals surface area contributed by atoms with Crippen molar-refractivity contribution in [3.8, 4) is 0 Å². The number of nitrogens with zero attached hydrogens (tertiary/aromatic N) is 2. The van der Waals surface area contributed by atoms with E-state index in [1.165, 1.54) is 6.20 Å². The molecule has 0 fully saturated rings. The van der Waals surface area contributed by atoms with E-state index in [1.54, 1.807) is 30.2 Å². The lowest BCUT2D eigenvalue weighted by Gasteiger charge is -2.25. The number of rotatable bonds is 7. The SMILES string of the molecule is CC(C)CCN(CC(C)C(=O)O)C(=O)c1cccnc1. The molecule has 0 radical (unpaired) electrons. The molecule has 1 atom stereocenters. The summed E-state index contributed by atoms with van der Waals surface area (Å²) in [6, 6.07) is 3.40. The number of carboxylic acids is 1. The standard InChI is InChI=1S/C15H22N2O3/c1-11(2)6-8-17(10-12(3)15(19)20)14(18)13-5-4-7-16-9-13/h4-5,7,9,11-12H,6,8,10H2,1-3H3,(H,19,20). The molecule has 1 unspecified atom stereocenters. The fourth-order valence-electron chi connectivity index (χ4n) is 1.77. The van der Waals surface area contributed by atoms with Crippen LogP contribution in [0.3, 0.4) is 0 Å². The molecule has 5 nitrogen and oxygen atoms in total. The molecule has 20 heavy (non-hydrogen) atoms. The highest BCUT2D eigenvalue weighted by atomic mass is 16.4. The van der Waals surface area contributed by atoms with E-state index in [1.807, 2.05) is 0 Å². The van der Waals surface area contributed by atoms with Crippen LogP contribution >= 0.6 is 0 Å². The van der Waals surface area contributed by atoms with Gasteiger partial charge in [-0.3, -0.25) is 14.6 Å². The van der Waals surface area contributed by atoms with Gasteiger partial charge in [0.15, 0.2) is 0 Å². The summed E-state index contributed by atoms with van der Waals surface area (Å²) in [6.07, 6.45) is 3.96. The van der Waals surface area contributed by atoms with E-state index in [4.69, 9.17) is 5.11 Å². The molecule has 1 heterocycles. The zero-order valence-electron chi connectivity index (χ0n) is 12.2. The van der Waals surface area contributed by atoms with Crippen molar-refractivity contribution in [2.75, 3.05) is 13.1 Å². The number of carbonyl (C=O) groups is 2. The fraction of sp³-hybridized carbons (Fsp3) is 0.533. The summed E-state index contributed by atoms with van der Waals surface area (Å²) in [7, 11) is 0. The monoisotopic (exact) mass is 278 g/mol. The molecule has 1 rings (SSSR count). The maximum atomic E-state index is 12.4. The van der Waals surface area contributed by atoms with Gasteiger partial charge in [-0.15, -0.1) is 0 Å². The van der Waals surface area contributed by atoms with Crippen molar-refractivity contribution in [3.05, 3.63) is 30.1 Å². The molecule has 1 aromatic rings. The first-order chi connectivity index (χ1) is 9.41. The molecule has 0 bridgehead atoms. The van der Waals surface area contributed by atoms with E-state index in [0.29, 0.717) is 18.0 Å². The number of carboxylic acid groups (broad SMARTS) is 1. The van der Waals surface area contributed by atoms with Gasteiger partial charge in [-0.05, 0) is 24.5 Å². The Bertz CT molecular complexity index is 446. The maximum Gasteiger partial charge on any atom is 0.308 e. The van der Waals surface area contributed by atoms with Crippen molar-refractivity contribution >= 4 is 11.9 Å². The third-order valence-electron chi connectivity index (χ3n) is 3.09. The molecule has 1 aromatic heterocycles. The molecule has 0 aliphatic rings. The summed E-state index contributed by atoms with van der Waals surface area (Å²) in [6.45, 7) is 6.54. The molecule has 0 aliphatic carbocycles. The van der Waals surface area contributed by atoms with Crippen LogP contribution in [0.4, 0.5) is 0 Å². The van der Waals surface area contributed by atoms with Crippen LogP contribution < -0.4 is 0 Å². The average Bonchev–Trinajstić information content (AvgIpc) is 2.43. The third-order valence-corrected chi connectivity index (χ3v) is 3.09. The van der Waals surface area contributed by atoms with Crippen molar-refractivity contribution < 1.29 is 14.7 Å². The Morgan fingerprint density at radius 2 is 2.05 bits per heavy atom.